The van der Waals surface area contributed by atoms with Crippen LogP contribution in [0.5, 0.6) is 0 Å². The van der Waals surface area contributed by atoms with Crippen LogP contribution < -0.4 is 5.32 Å². The number of anilines is 1. The molecule has 0 aliphatic heterocycles. The fourth-order valence-corrected chi connectivity index (χ4v) is 3.02. The number of esters is 2. The standard InChI is InChI=1S/C20H23N3O7/c1-6-29-20(26)16-10(2)17(22-11(16)3)18(24)12(4)30-19(25)14-9-13(23(27)28)7-8-15(14)21-5/h7-9,12,21-22H,6H2,1-5H3/t12-/m0/s1. The van der Waals surface area contributed by atoms with E-state index in [1.807, 2.05) is 0 Å². The number of hydrogen-bond donors (Lipinski definition) is 2. The summed E-state index contributed by atoms with van der Waals surface area (Å²) >= 11 is 0. The summed E-state index contributed by atoms with van der Waals surface area (Å²) < 4.78 is 10.3. The highest BCUT2D eigenvalue weighted by molar-refractivity contribution is 6.05. The van der Waals surface area contributed by atoms with Gasteiger partial charge in [0.1, 0.15) is 0 Å². The monoisotopic (exact) mass is 417 g/mol. The summed E-state index contributed by atoms with van der Waals surface area (Å²) in [5.41, 5.74) is 1.21. The zero-order valence-electron chi connectivity index (χ0n) is 17.3. The summed E-state index contributed by atoms with van der Waals surface area (Å²) in [7, 11) is 1.55. The van der Waals surface area contributed by atoms with Crippen molar-refractivity contribution in [2.45, 2.75) is 33.8 Å². The Morgan fingerprint density at radius 1 is 1.23 bits per heavy atom. The summed E-state index contributed by atoms with van der Waals surface area (Å²) in [6.45, 7) is 6.48. The molecule has 10 nitrogen and oxygen atoms in total. The molecule has 0 aliphatic carbocycles. The molecule has 2 N–H and O–H groups in total. The van der Waals surface area contributed by atoms with E-state index in [4.69, 9.17) is 9.47 Å². The third-order valence-corrected chi connectivity index (χ3v) is 4.52. The van der Waals surface area contributed by atoms with Gasteiger partial charge in [-0.2, -0.15) is 0 Å². The molecular formula is C20H23N3O7. The summed E-state index contributed by atoms with van der Waals surface area (Å²) in [6.07, 6.45) is -1.20. The minimum absolute atomic E-state index is 0.0713. The van der Waals surface area contributed by atoms with Gasteiger partial charge in [-0.15, -0.1) is 0 Å². The van der Waals surface area contributed by atoms with Gasteiger partial charge < -0.3 is 19.8 Å². The minimum atomic E-state index is -1.20. The number of aromatic amines is 1. The van der Waals surface area contributed by atoms with Crippen LogP contribution in [0.1, 0.15) is 56.3 Å². The minimum Gasteiger partial charge on any atom is -0.462 e. The molecule has 1 atom stereocenters. The Bertz CT molecular complexity index is 1010. The van der Waals surface area contributed by atoms with Gasteiger partial charge in [0, 0.05) is 30.6 Å². The maximum atomic E-state index is 12.8. The van der Waals surface area contributed by atoms with Gasteiger partial charge in [-0.3, -0.25) is 14.9 Å². The second-order valence-corrected chi connectivity index (χ2v) is 6.49. The highest BCUT2D eigenvalue weighted by Crippen LogP contribution is 2.25. The molecule has 2 aromatic rings. The molecule has 1 heterocycles. The zero-order valence-corrected chi connectivity index (χ0v) is 17.3. The molecule has 0 fully saturated rings. The zero-order chi connectivity index (χ0) is 22.6. The number of benzene rings is 1. The molecule has 0 spiro atoms. The molecule has 0 unspecified atom stereocenters. The molecule has 1 aromatic carbocycles. The van der Waals surface area contributed by atoms with Crippen LogP contribution in [0.3, 0.4) is 0 Å². The van der Waals surface area contributed by atoms with Crippen LogP contribution in [0, 0.1) is 24.0 Å². The van der Waals surface area contributed by atoms with Crippen LogP contribution in [-0.4, -0.2) is 47.4 Å². The van der Waals surface area contributed by atoms with E-state index >= 15 is 0 Å². The summed E-state index contributed by atoms with van der Waals surface area (Å²) in [6, 6.07) is 3.71. The Balaban J connectivity index is 2.28. The number of carbonyl (C=O) groups is 3. The highest BCUT2D eigenvalue weighted by Gasteiger charge is 2.28. The number of carbonyl (C=O) groups excluding carboxylic acids is 3. The number of nitrogens with zero attached hydrogens (tertiary/aromatic N) is 1. The second kappa shape index (κ2) is 9.21. The molecule has 0 aliphatic rings. The Morgan fingerprint density at radius 3 is 2.47 bits per heavy atom. The number of nitrogens with one attached hydrogen (secondary N) is 2. The first-order chi connectivity index (χ1) is 14.1. The van der Waals surface area contributed by atoms with Crippen molar-refractivity contribution >= 4 is 29.1 Å². The average molecular weight is 417 g/mol. The molecule has 0 bridgehead atoms. The topological polar surface area (TPSA) is 141 Å². The van der Waals surface area contributed by atoms with Crippen LogP contribution in [0.25, 0.3) is 0 Å². The Morgan fingerprint density at radius 2 is 1.90 bits per heavy atom. The van der Waals surface area contributed by atoms with E-state index in [2.05, 4.69) is 10.3 Å². The summed E-state index contributed by atoms with van der Waals surface area (Å²) in [5, 5.41) is 13.8. The van der Waals surface area contributed by atoms with E-state index in [-0.39, 0.29) is 29.1 Å². The highest BCUT2D eigenvalue weighted by atomic mass is 16.6. The van der Waals surface area contributed by atoms with E-state index in [0.29, 0.717) is 16.9 Å². The number of aryl methyl sites for hydroxylation is 1. The second-order valence-electron chi connectivity index (χ2n) is 6.49. The predicted molar refractivity (Wildman–Crippen MR) is 108 cm³/mol. The number of hydrogen-bond acceptors (Lipinski definition) is 8. The Kier molecular flexibility index (Phi) is 6.93. The predicted octanol–water partition coefficient (Wildman–Crippen LogP) is 3.19. The first-order valence-electron chi connectivity index (χ1n) is 9.19. The van der Waals surface area contributed by atoms with Crippen molar-refractivity contribution in [3.63, 3.8) is 0 Å². The molecule has 2 rings (SSSR count). The van der Waals surface area contributed by atoms with Crippen LogP contribution >= 0.6 is 0 Å². The van der Waals surface area contributed by atoms with E-state index in [1.165, 1.54) is 19.1 Å². The fraction of sp³-hybridized carbons (Fsp3) is 0.350. The lowest BCUT2D eigenvalue weighted by molar-refractivity contribution is -0.384. The van der Waals surface area contributed by atoms with Crippen molar-refractivity contribution in [2.24, 2.45) is 0 Å². The lowest BCUT2D eigenvalue weighted by Crippen LogP contribution is -2.26. The largest absolute Gasteiger partial charge is 0.462 e. The van der Waals surface area contributed by atoms with Gasteiger partial charge in [0.2, 0.25) is 5.78 Å². The van der Waals surface area contributed by atoms with Crippen molar-refractivity contribution in [3.05, 3.63) is 56.4 Å². The third kappa shape index (κ3) is 4.48. The van der Waals surface area contributed by atoms with Crippen LogP contribution in [-0.2, 0) is 9.47 Å². The smallest absolute Gasteiger partial charge is 0.341 e. The molecule has 10 heteroatoms. The van der Waals surface area contributed by atoms with Gasteiger partial charge in [-0.05, 0) is 39.3 Å². The Labute approximate surface area is 172 Å². The normalized spacial score (nSPS) is 11.5. The first-order valence-corrected chi connectivity index (χ1v) is 9.19. The van der Waals surface area contributed by atoms with Gasteiger partial charge in [0.15, 0.2) is 6.10 Å². The van der Waals surface area contributed by atoms with Gasteiger partial charge in [0.25, 0.3) is 5.69 Å². The van der Waals surface area contributed by atoms with E-state index in [9.17, 15) is 24.5 Å². The molecular weight excluding hydrogens is 394 g/mol. The van der Waals surface area contributed by atoms with Crippen molar-refractivity contribution < 1.29 is 28.8 Å². The maximum Gasteiger partial charge on any atom is 0.341 e. The number of nitro groups is 1. The van der Waals surface area contributed by atoms with Gasteiger partial charge >= 0.3 is 11.9 Å². The Hall–Kier alpha value is -3.69. The van der Waals surface area contributed by atoms with Gasteiger partial charge in [-0.1, -0.05) is 0 Å². The fourth-order valence-electron chi connectivity index (χ4n) is 3.02. The molecule has 1 aromatic heterocycles. The number of ether oxygens (including phenoxy) is 2. The number of rotatable bonds is 8. The van der Waals surface area contributed by atoms with Crippen molar-refractivity contribution in [3.8, 4) is 0 Å². The number of Topliss-reactive ketones (excluding diaryl/α,β-unsaturated/α-hetero) is 1. The van der Waals surface area contributed by atoms with Crippen molar-refractivity contribution in [1.29, 1.82) is 0 Å². The van der Waals surface area contributed by atoms with Gasteiger partial charge in [-0.25, -0.2) is 9.59 Å². The van der Waals surface area contributed by atoms with Crippen LogP contribution in [0.2, 0.25) is 0 Å². The van der Waals surface area contributed by atoms with Crippen molar-refractivity contribution in [2.75, 3.05) is 19.0 Å². The molecule has 0 radical (unpaired) electrons. The number of H-pyrrole nitrogens is 1. The average Bonchev–Trinajstić information content (AvgIpc) is 3.00. The molecule has 30 heavy (non-hydrogen) atoms. The van der Waals surface area contributed by atoms with E-state index in [0.717, 1.165) is 6.07 Å². The molecule has 0 saturated carbocycles. The van der Waals surface area contributed by atoms with E-state index in [1.54, 1.807) is 27.8 Å². The third-order valence-electron chi connectivity index (χ3n) is 4.52. The maximum absolute atomic E-state index is 12.8. The molecule has 0 saturated heterocycles. The van der Waals surface area contributed by atoms with Crippen LogP contribution in [0.4, 0.5) is 11.4 Å². The quantitative estimate of drug-likeness (QED) is 0.289. The summed E-state index contributed by atoms with van der Waals surface area (Å²) in [5.74, 6) is -1.99. The molecule has 160 valence electrons. The number of aromatic nitrogens is 1. The number of non-ortho nitro benzene ring substituents is 1. The van der Waals surface area contributed by atoms with E-state index < -0.39 is 28.7 Å². The lowest BCUT2D eigenvalue weighted by atomic mass is 10.1. The number of nitro benzene ring substituents is 1. The lowest BCUT2D eigenvalue weighted by Gasteiger charge is -2.14. The number of ketones is 1. The van der Waals surface area contributed by atoms with Gasteiger partial charge in [0.05, 0.1) is 28.4 Å². The molecule has 0 amide bonds. The van der Waals surface area contributed by atoms with Crippen molar-refractivity contribution in [1.82, 2.24) is 4.98 Å². The summed E-state index contributed by atoms with van der Waals surface area (Å²) in [4.78, 5) is 50.7. The first kappa shape index (κ1) is 22.6. The van der Waals surface area contributed by atoms with Crippen LogP contribution in [0.15, 0.2) is 18.2 Å². The SMILES string of the molecule is CCOC(=O)c1c(C)[nH]c(C(=O)[C@H](C)OC(=O)c2cc([N+](=O)[O-])ccc2NC)c1C.